The molecule has 1 saturated heterocycles. The number of alkyl halides is 3. The van der Waals surface area contributed by atoms with Gasteiger partial charge in [0.15, 0.2) is 4.90 Å². The molecular weight excluding hydrogens is 571 g/mol. The van der Waals surface area contributed by atoms with Crippen molar-refractivity contribution in [1.82, 2.24) is 4.90 Å². The van der Waals surface area contributed by atoms with Gasteiger partial charge in [0.1, 0.15) is 11.5 Å². The fraction of sp³-hybridized carbons (Fsp3) is 0.657. The Morgan fingerprint density at radius 2 is 1.81 bits per heavy atom. The second kappa shape index (κ2) is 12.6. The van der Waals surface area contributed by atoms with Crippen LogP contribution in [0.5, 0.6) is 5.75 Å². The molecule has 8 atom stereocenters. The first kappa shape index (κ1) is 31.3. The zero-order valence-corrected chi connectivity index (χ0v) is 26.0. The summed E-state index contributed by atoms with van der Waals surface area (Å²) < 4.78 is 51.7. The van der Waals surface area contributed by atoms with Gasteiger partial charge in [0.25, 0.3) is 0 Å². The minimum Gasteiger partial charge on any atom is -0.611 e. The van der Waals surface area contributed by atoms with Crippen molar-refractivity contribution >= 4 is 11.2 Å². The minimum atomic E-state index is -4.38. The number of aliphatic hydroxyl groups is 1. The van der Waals surface area contributed by atoms with E-state index in [0.717, 1.165) is 95.9 Å². The minimum absolute atomic E-state index is 0.00570. The summed E-state index contributed by atoms with van der Waals surface area (Å²) >= 11 is -1.32. The van der Waals surface area contributed by atoms with Crippen LogP contribution < -0.4 is 0 Å². The molecule has 2 N–H and O–H groups in total. The van der Waals surface area contributed by atoms with E-state index in [2.05, 4.69) is 17.9 Å². The molecular formula is C35H46F3NO3S. The topological polar surface area (TPSA) is 66.8 Å². The number of aliphatic hydroxyl groups excluding tert-OH is 1. The Morgan fingerprint density at radius 1 is 1.02 bits per heavy atom. The van der Waals surface area contributed by atoms with Crippen LogP contribution in [-0.4, -0.2) is 50.7 Å². The molecule has 1 heterocycles. The lowest BCUT2D eigenvalue weighted by Crippen LogP contribution is -2.47. The van der Waals surface area contributed by atoms with E-state index in [0.29, 0.717) is 40.1 Å². The standard InChI is InChI=1S/C35H46F3NO3S/c1-34-21-24(33-29-15-11-27(40)20-23(29)8-14-30(33)31(34)16-17-32(34)41)6-3-2-4-18-39-19-5-7-26(39)22-43(42)28-12-9-25(10-13-28)35(36,37)38/h9-13,15,20,24,26,30-33,40-41H,2-8,14,16-19,21-22H2,1H3/t24-,26-,30-,31-,32-,33+,34-,43?/m0/s1. The van der Waals surface area contributed by atoms with E-state index in [9.17, 15) is 27.9 Å². The van der Waals surface area contributed by atoms with Crippen LogP contribution in [0.1, 0.15) is 93.7 Å². The summed E-state index contributed by atoms with van der Waals surface area (Å²) in [5, 5.41) is 21.2. The summed E-state index contributed by atoms with van der Waals surface area (Å²) in [5.41, 5.74) is 2.04. The summed E-state index contributed by atoms with van der Waals surface area (Å²) in [6, 6.07) is 11.0. The Bertz CT molecular complexity index is 1260. The fourth-order valence-electron chi connectivity index (χ4n) is 9.47. The first-order valence-corrected chi connectivity index (χ1v) is 17.7. The number of hydrogen-bond donors (Lipinski definition) is 2. The Kier molecular flexibility index (Phi) is 9.14. The predicted molar refractivity (Wildman–Crippen MR) is 163 cm³/mol. The Balaban J connectivity index is 1.03. The van der Waals surface area contributed by atoms with Crippen molar-refractivity contribution in [2.75, 3.05) is 18.8 Å². The molecule has 2 saturated carbocycles. The van der Waals surface area contributed by atoms with Crippen molar-refractivity contribution in [3.8, 4) is 5.75 Å². The average Bonchev–Trinajstić information content (AvgIpc) is 3.54. The first-order chi connectivity index (χ1) is 20.5. The van der Waals surface area contributed by atoms with Crippen LogP contribution in [0, 0.1) is 23.2 Å². The van der Waals surface area contributed by atoms with Crippen LogP contribution in [0.2, 0.25) is 0 Å². The molecule has 236 valence electrons. The number of aryl methyl sites for hydroxylation is 1. The van der Waals surface area contributed by atoms with Crippen LogP contribution in [0.4, 0.5) is 13.2 Å². The normalized spacial score (nSPS) is 33.2. The molecule has 0 aromatic heterocycles. The quantitative estimate of drug-likeness (QED) is 0.224. The molecule has 2 aromatic rings. The SMILES string of the molecule is C[C@]12C[C@H](CCCCCN3CCC[C@H]3C[S+]([O-])c3ccc(C(F)(F)F)cc3)[C@@H]3c4ccc(O)cc4CC[C@H]3[C@@H]1CC[C@@H]2O. The van der Waals surface area contributed by atoms with Gasteiger partial charge in [0.05, 0.1) is 17.7 Å². The maximum Gasteiger partial charge on any atom is 0.416 e. The van der Waals surface area contributed by atoms with Gasteiger partial charge in [-0.05, 0) is 159 Å². The molecule has 4 nitrogen and oxygen atoms in total. The molecule has 8 heteroatoms. The number of hydrogen-bond acceptors (Lipinski definition) is 4. The number of nitrogens with zero attached hydrogens (tertiary/aromatic N) is 1. The molecule has 1 unspecified atom stereocenters. The Hall–Kier alpha value is -1.74. The van der Waals surface area contributed by atoms with Gasteiger partial charge >= 0.3 is 6.18 Å². The number of aromatic hydroxyl groups is 1. The van der Waals surface area contributed by atoms with Crippen LogP contribution in [0.25, 0.3) is 0 Å². The second-order valence-electron chi connectivity index (χ2n) is 14.0. The highest BCUT2D eigenvalue weighted by Gasteiger charge is 2.57. The molecule has 0 spiro atoms. The maximum atomic E-state index is 13.0. The molecule has 2 aromatic carbocycles. The second-order valence-corrected chi connectivity index (χ2v) is 15.5. The van der Waals surface area contributed by atoms with Crippen molar-refractivity contribution < 1.29 is 27.9 Å². The zero-order valence-electron chi connectivity index (χ0n) is 25.2. The van der Waals surface area contributed by atoms with Crippen LogP contribution in [-0.2, 0) is 23.8 Å². The van der Waals surface area contributed by atoms with E-state index in [4.69, 9.17) is 0 Å². The summed E-state index contributed by atoms with van der Waals surface area (Å²) in [5.74, 6) is 3.05. The van der Waals surface area contributed by atoms with Gasteiger partial charge in [-0.1, -0.05) is 25.8 Å². The molecule has 0 bridgehead atoms. The van der Waals surface area contributed by atoms with Crippen LogP contribution >= 0.6 is 0 Å². The number of fused-ring (bicyclic) bond motifs is 5. The van der Waals surface area contributed by atoms with E-state index in [1.807, 2.05) is 12.1 Å². The molecule has 0 amide bonds. The Labute approximate surface area is 257 Å². The average molecular weight is 618 g/mol. The largest absolute Gasteiger partial charge is 0.611 e. The highest BCUT2D eigenvalue weighted by molar-refractivity contribution is 7.91. The number of rotatable bonds is 9. The van der Waals surface area contributed by atoms with E-state index in [1.54, 1.807) is 0 Å². The summed E-state index contributed by atoms with van der Waals surface area (Å²) in [7, 11) is 0. The monoisotopic (exact) mass is 617 g/mol. The third-order valence-corrected chi connectivity index (χ3v) is 13.1. The van der Waals surface area contributed by atoms with Gasteiger partial charge in [0, 0.05) is 0 Å². The summed E-state index contributed by atoms with van der Waals surface area (Å²) in [6.07, 6.45) is 7.24. The molecule has 0 radical (unpaired) electrons. The van der Waals surface area contributed by atoms with Gasteiger partial charge in [-0.3, -0.25) is 4.90 Å². The van der Waals surface area contributed by atoms with E-state index in [1.165, 1.54) is 23.3 Å². The zero-order chi connectivity index (χ0) is 30.4. The van der Waals surface area contributed by atoms with Crippen molar-refractivity contribution in [2.24, 2.45) is 23.2 Å². The predicted octanol–water partition coefficient (Wildman–Crippen LogP) is 7.69. The number of phenols is 1. The molecule has 3 aliphatic carbocycles. The van der Waals surface area contributed by atoms with Crippen molar-refractivity contribution in [3.05, 3.63) is 59.2 Å². The van der Waals surface area contributed by atoms with Crippen LogP contribution in [0.15, 0.2) is 47.4 Å². The van der Waals surface area contributed by atoms with Gasteiger partial charge in [0.2, 0.25) is 0 Å². The third kappa shape index (κ3) is 6.36. The lowest BCUT2D eigenvalue weighted by atomic mass is 9.51. The number of unbranched alkanes of at least 4 members (excludes halogenated alkanes) is 2. The molecule has 1 aliphatic heterocycles. The molecule has 4 aliphatic rings. The van der Waals surface area contributed by atoms with Gasteiger partial charge in [-0.15, -0.1) is 0 Å². The van der Waals surface area contributed by atoms with Crippen molar-refractivity contribution in [3.63, 3.8) is 0 Å². The number of likely N-dealkylation sites (tertiary alicyclic amines) is 1. The van der Waals surface area contributed by atoms with E-state index < -0.39 is 22.9 Å². The maximum absolute atomic E-state index is 13.0. The van der Waals surface area contributed by atoms with Crippen molar-refractivity contribution in [1.29, 1.82) is 0 Å². The number of halogens is 3. The van der Waals surface area contributed by atoms with Gasteiger partial charge < -0.3 is 14.8 Å². The highest BCUT2D eigenvalue weighted by atomic mass is 32.2. The van der Waals surface area contributed by atoms with Crippen molar-refractivity contribution in [2.45, 2.75) is 107 Å². The summed E-state index contributed by atoms with van der Waals surface area (Å²) in [6.45, 7) is 4.29. The number of phenolic OH excluding ortho intramolecular Hbond substituents is 1. The highest BCUT2D eigenvalue weighted by Crippen LogP contribution is 2.63. The lowest BCUT2D eigenvalue weighted by molar-refractivity contribution is -0.137. The summed E-state index contributed by atoms with van der Waals surface area (Å²) in [4.78, 5) is 2.90. The molecule has 3 fully saturated rings. The third-order valence-electron chi connectivity index (χ3n) is 11.6. The molecule has 6 rings (SSSR count). The first-order valence-electron chi connectivity index (χ1n) is 16.3. The smallest absolute Gasteiger partial charge is 0.416 e. The van der Waals surface area contributed by atoms with E-state index in [-0.39, 0.29) is 17.6 Å². The van der Waals surface area contributed by atoms with Crippen LogP contribution in [0.3, 0.4) is 0 Å². The lowest BCUT2D eigenvalue weighted by Gasteiger charge is -2.54. The number of benzene rings is 2. The molecule has 43 heavy (non-hydrogen) atoms. The van der Waals surface area contributed by atoms with E-state index >= 15 is 0 Å². The van der Waals surface area contributed by atoms with Gasteiger partial charge in [-0.2, -0.15) is 13.2 Å². The fourth-order valence-corrected chi connectivity index (χ4v) is 10.8. The Morgan fingerprint density at radius 3 is 2.58 bits per heavy atom. The van der Waals surface area contributed by atoms with Gasteiger partial charge in [-0.25, -0.2) is 0 Å².